The van der Waals surface area contributed by atoms with Crippen molar-refractivity contribution in [2.24, 2.45) is 0 Å². The van der Waals surface area contributed by atoms with E-state index >= 15 is 0 Å². The summed E-state index contributed by atoms with van der Waals surface area (Å²) in [5.41, 5.74) is 3.43. The van der Waals surface area contributed by atoms with Crippen molar-refractivity contribution in [1.82, 2.24) is 0 Å². The number of hydrogen-bond acceptors (Lipinski definition) is 2. The van der Waals surface area contributed by atoms with E-state index in [-0.39, 0.29) is 0 Å². The predicted octanol–water partition coefficient (Wildman–Crippen LogP) is 2.17. The van der Waals surface area contributed by atoms with Crippen LogP contribution in [0.2, 0.25) is 0 Å². The highest BCUT2D eigenvalue weighted by Gasteiger charge is 2.11. The molecule has 0 fully saturated rings. The molecule has 0 aromatic heterocycles. The predicted molar refractivity (Wildman–Crippen MR) is 51.9 cm³/mol. The van der Waals surface area contributed by atoms with Crippen LogP contribution in [0.25, 0.3) is 0 Å². The smallest absolute Gasteiger partial charge is 0.150 e. The molecule has 1 unspecified atom stereocenters. The van der Waals surface area contributed by atoms with Crippen molar-refractivity contribution in [1.29, 1.82) is 0 Å². The van der Waals surface area contributed by atoms with Crippen molar-refractivity contribution in [3.05, 3.63) is 34.4 Å². The average Bonchev–Trinajstić information content (AvgIpc) is 2.08. The quantitative estimate of drug-likeness (QED) is 0.705. The first kappa shape index (κ1) is 9.93. The lowest BCUT2D eigenvalue weighted by molar-refractivity contribution is 0.111. The number of aryl methyl sites for hydroxylation is 1. The first-order valence-electron chi connectivity index (χ1n) is 4.31. The molecule has 2 heteroatoms. The van der Waals surface area contributed by atoms with E-state index in [9.17, 15) is 9.90 Å². The molecule has 0 spiro atoms. The summed E-state index contributed by atoms with van der Waals surface area (Å²) in [5, 5.41) is 9.48. The van der Waals surface area contributed by atoms with Gasteiger partial charge in [-0.15, -0.1) is 0 Å². The van der Waals surface area contributed by atoms with Gasteiger partial charge >= 0.3 is 0 Å². The monoisotopic (exact) mass is 178 g/mol. The molecule has 0 aliphatic carbocycles. The minimum Gasteiger partial charge on any atom is -0.389 e. The highest BCUT2D eigenvalue weighted by Crippen LogP contribution is 2.23. The van der Waals surface area contributed by atoms with Crippen LogP contribution in [0.5, 0.6) is 0 Å². The number of rotatable bonds is 2. The van der Waals surface area contributed by atoms with Gasteiger partial charge in [0.25, 0.3) is 0 Å². The third-order valence-electron chi connectivity index (χ3n) is 2.36. The van der Waals surface area contributed by atoms with Gasteiger partial charge in [0, 0.05) is 5.56 Å². The summed E-state index contributed by atoms with van der Waals surface area (Å²) in [5.74, 6) is 0. The van der Waals surface area contributed by atoms with Crippen molar-refractivity contribution >= 4 is 6.29 Å². The van der Waals surface area contributed by atoms with Crippen LogP contribution in [0.4, 0.5) is 0 Å². The zero-order valence-corrected chi connectivity index (χ0v) is 8.16. The first-order chi connectivity index (χ1) is 6.07. The maximum Gasteiger partial charge on any atom is 0.150 e. The summed E-state index contributed by atoms with van der Waals surface area (Å²) in [7, 11) is 0. The van der Waals surface area contributed by atoms with Gasteiger partial charge in [0.1, 0.15) is 6.29 Å². The van der Waals surface area contributed by atoms with Crippen LogP contribution < -0.4 is 0 Å². The van der Waals surface area contributed by atoms with Gasteiger partial charge in [0.15, 0.2) is 0 Å². The summed E-state index contributed by atoms with van der Waals surface area (Å²) >= 11 is 0. The fourth-order valence-corrected chi connectivity index (χ4v) is 1.52. The Hall–Kier alpha value is -1.15. The Morgan fingerprint density at radius 3 is 2.46 bits per heavy atom. The normalized spacial score (nSPS) is 12.6. The second-order valence-electron chi connectivity index (χ2n) is 3.30. The minimum atomic E-state index is -0.583. The number of carbonyl (C=O) groups excluding carboxylic acids is 1. The SMILES string of the molecule is Cc1ccc(C=O)c(C(C)O)c1C. The largest absolute Gasteiger partial charge is 0.389 e. The van der Waals surface area contributed by atoms with Crippen molar-refractivity contribution in [3.63, 3.8) is 0 Å². The Morgan fingerprint density at radius 2 is 2.00 bits per heavy atom. The molecule has 70 valence electrons. The van der Waals surface area contributed by atoms with E-state index in [2.05, 4.69) is 0 Å². The lowest BCUT2D eigenvalue weighted by Gasteiger charge is -2.13. The third kappa shape index (κ3) is 1.78. The molecule has 0 radical (unpaired) electrons. The maximum atomic E-state index is 10.7. The number of carbonyl (C=O) groups is 1. The van der Waals surface area contributed by atoms with Crippen LogP contribution in [0.15, 0.2) is 12.1 Å². The molecular formula is C11H14O2. The van der Waals surface area contributed by atoms with E-state index in [0.717, 1.165) is 23.0 Å². The standard InChI is InChI=1S/C11H14O2/c1-7-4-5-10(6-12)11(8(7)2)9(3)13/h4-6,9,13H,1-3H3. The van der Waals surface area contributed by atoms with Crippen LogP contribution in [0.1, 0.15) is 40.1 Å². The molecule has 1 aromatic rings. The fraction of sp³-hybridized carbons (Fsp3) is 0.364. The number of aliphatic hydroxyl groups excluding tert-OH is 1. The second kappa shape index (κ2) is 3.71. The van der Waals surface area contributed by atoms with Crippen LogP contribution in [0, 0.1) is 13.8 Å². The molecule has 0 saturated carbocycles. The fourth-order valence-electron chi connectivity index (χ4n) is 1.52. The Labute approximate surface area is 78.2 Å². The molecule has 1 atom stereocenters. The third-order valence-corrected chi connectivity index (χ3v) is 2.36. The Balaban J connectivity index is 3.41. The summed E-state index contributed by atoms with van der Waals surface area (Å²) in [6.45, 7) is 5.56. The zero-order valence-electron chi connectivity index (χ0n) is 8.16. The van der Waals surface area contributed by atoms with Crippen LogP contribution in [0.3, 0.4) is 0 Å². The summed E-state index contributed by atoms with van der Waals surface area (Å²) < 4.78 is 0. The van der Waals surface area contributed by atoms with Gasteiger partial charge in [-0.1, -0.05) is 12.1 Å². The first-order valence-corrected chi connectivity index (χ1v) is 4.31. The van der Waals surface area contributed by atoms with Gasteiger partial charge in [-0.25, -0.2) is 0 Å². The maximum absolute atomic E-state index is 10.7. The molecule has 1 aromatic carbocycles. The van der Waals surface area contributed by atoms with E-state index in [1.807, 2.05) is 19.9 Å². The molecule has 0 aliphatic rings. The average molecular weight is 178 g/mol. The lowest BCUT2D eigenvalue weighted by atomic mass is 9.95. The number of hydrogen-bond donors (Lipinski definition) is 1. The Kier molecular flexibility index (Phi) is 2.83. The number of benzene rings is 1. The molecule has 0 saturated heterocycles. The zero-order chi connectivity index (χ0) is 10.0. The van der Waals surface area contributed by atoms with Gasteiger partial charge in [-0.3, -0.25) is 4.79 Å². The molecule has 0 amide bonds. The molecule has 2 nitrogen and oxygen atoms in total. The second-order valence-corrected chi connectivity index (χ2v) is 3.30. The van der Waals surface area contributed by atoms with Crippen LogP contribution >= 0.6 is 0 Å². The van der Waals surface area contributed by atoms with Gasteiger partial charge in [0.2, 0.25) is 0 Å². The molecule has 0 heterocycles. The molecular weight excluding hydrogens is 164 g/mol. The molecule has 0 aliphatic heterocycles. The highest BCUT2D eigenvalue weighted by atomic mass is 16.3. The van der Waals surface area contributed by atoms with Crippen molar-refractivity contribution < 1.29 is 9.90 Å². The molecule has 13 heavy (non-hydrogen) atoms. The van der Waals surface area contributed by atoms with Gasteiger partial charge in [-0.05, 0) is 37.5 Å². The topological polar surface area (TPSA) is 37.3 Å². The molecule has 1 N–H and O–H groups in total. The van der Waals surface area contributed by atoms with Gasteiger partial charge in [0.05, 0.1) is 6.10 Å². The van der Waals surface area contributed by atoms with E-state index in [0.29, 0.717) is 5.56 Å². The summed E-state index contributed by atoms with van der Waals surface area (Å²) in [6.07, 6.45) is 0.203. The van der Waals surface area contributed by atoms with Crippen LogP contribution in [-0.2, 0) is 0 Å². The minimum absolute atomic E-state index is 0.582. The lowest BCUT2D eigenvalue weighted by Crippen LogP contribution is -2.02. The van der Waals surface area contributed by atoms with Crippen molar-refractivity contribution in [2.75, 3.05) is 0 Å². The Bertz CT molecular complexity index is 327. The highest BCUT2D eigenvalue weighted by molar-refractivity contribution is 5.78. The summed E-state index contributed by atoms with van der Waals surface area (Å²) in [4.78, 5) is 10.7. The number of aliphatic hydroxyl groups is 1. The number of aldehydes is 1. The van der Waals surface area contributed by atoms with E-state index in [1.165, 1.54) is 0 Å². The van der Waals surface area contributed by atoms with Gasteiger partial charge < -0.3 is 5.11 Å². The van der Waals surface area contributed by atoms with Gasteiger partial charge in [-0.2, -0.15) is 0 Å². The van der Waals surface area contributed by atoms with Crippen molar-refractivity contribution in [2.45, 2.75) is 26.9 Å². The summed E-state index contributed by atoms with van der Waals surface area (Å²) in [6, 6.07) is 3.64. The van der Waals surface area contributed by atoms with E-state index in [1.54, 1.807) is 13.0 Å². The van der Waals surface area contributed by atoms with Crippen LogP contribution in [-0.4, -0.2) is 11.4 Å². The van der Waals surface area contributed by atoms with E-state index in [4.69, 9.17) is 0 Å². The Morgan fingerprint density at radius 1 is 1.38 bits per heavy atom. The van der Waals surface area contributed by atoms with Crippen molar-refractivity contribution in [3.8, 4) is 0 Å². The molecule has 0 bridgehead atoms. The van der Waals surface area contributed by atoms with E-state index < -0.39 is 6.10 Å². The molecule has 1 rings (SSSR count).